The number of nitrogens with zero attached hydrogens (tertiary/aromatic N) is 2. The Kier molecular flexibility index (Phi) is 5.16. The fourth-order valence-corrected chi connectivity index (χ4v) is 6.32. The molecule has 0 bridgehead atoms. The fraction of sp³-hybridized carbons (Fsp3) is 0.462. The second-order valence-corrected chi connectivity index (χ2v) is 10.8. The van der Waals surface area contributed by atoms with Crippen molar-refractivity contribution in [2.75, 3.05) is 4.90 Å². The van der Waals surface area contributed by atoms with E-state index in [9.17, 15) is 9.59 Å². The average molecular weight is 450 g/mol. The van der Waals surface area contributed by atoms with E-state index >= 15 is 0 Å². The summed E-state index contributed by atoms with van der Waals surface area (Å²) in [7, 11) is 0. The molecule has 5 nitrogen and oxygen atoms in total. The van der Waals surface area contributed by atoms with Crippen LogP contribution in [-0.2, 0) is 11.3 Å². The molecule has 0 spiro atoms. The number of anilines is 1. The number of hydrogen-bond acceptors (Lipinski definition) is 3. The third-order valence-corrected chi connectivity index (χ3v) is 8.27. The molecule has 0 unspecified atom stereocenters. The van der Waals surface area contributed by atoms with Crippen LogP contribution in [0.4, 0.5) is 5.69 Å². The molecule has 1 fully saturated rings. The number of carbonyl (C=O) groups is 2. The van der Waals surface area contributed by atoms with Crippen molar-refractivity contribution in [3.8, 4) is 0 Å². The summed E-state index contributed by atoms with van der Waals surface area (Å²) in [5.41, 5.74) is 3.62. The highest BCUT2D eigenvalue weighted by atomic mass is 32.1. The lowest BCUT2D eigenvalue weighted by Crippen LogP contribution is -2.66. The van der Waals surface area contributed by atoms with Gasteiger partial charge in [0.2, 0.25) is 5.91 Å². The van der Waals surface area contributed by atoms with Gasteiger partial charge in [-0.15, -0.1) is 11.3 Å². The van der Waals surface area contributed by atoms with Crippen LogP contribution in [-0.4, -0.2) is 28.0 Å². The molecule has 3 aromatic rings. The summed E-state index contributed by atoms with van der Waals surface area (Å²) >= 11 is 1.63. The number of amides is 2. The van der Waals surface area contributed by atoms with E-state index in [4.69, 9.17) is 0 Å². The van der Waals surface area contributed by atoms with E-state index in [1.165, 1.54) is 6.42 Å². The molecule has 1 aliphatic heterocycles. The third kappa shape index (κ3) is 3.27. The lowest BCUT2D eigenvalue weighted by molar-refractivity contribution is -0.127. The standard InChI is InChI=1S/C26H31N3O2S/c1-16-9-10-20(18(3)13-16)29-24(30)22-14-23-21(11-12-32-23)28(22)15-26(29,4)25(31)27-19-8-6-5-7-17(19)2/h9-14,17,19H,5-8,15H2,1-4H3,(H,27,31)/t17-,19-,26+/m0/s1. The van der Waals surface area contributed by atoms with Gasteiger partial charge in [-0.25, -0.2) is 0 Å². The summed E-state index contributed by atoms with van der Waals surface area (Å²) in [5.74, 6) is 0.282. The fourth-order valence-electron chi connectivity index (χ4n) is 5.50. The van der Waals surface area contributed by atoms with Crippen LogP contribution in [0.5, 0.6) is 0 Å². The Labute approximate surface area is 193 Å². The highest BCUT2D eigenvalue weighted by Gasteiger charge is 2.49. The monoisotopic (exact) mass is 449 g/mol. The molecule has 0 saturated heterocycles. The minimum absolute atomic E-state index is 0.0627. The van der Waals surface area contributed by atoms with Crippen LogP contribution >= 0.6 is 11.3 Å². The Morgan fingerprint density at radius 2 is 1.94 bits per heavy atom. The Bertz CT molecular complexity index is 1210. The zero-order chi connectivity index (χ0) is 22.6. The molecule has 168 valence electrons. The maximum atomic E-state index is 13.9. The molecule has 6 heteroatoms. The normalized spacial score (nSPS) is 25.8. The summed E-state index contributed by atoms with van der Waals surface area (Å²) in [5, 5.41) is 5.39. The molecular formula is C26H31N3O2S. The highest BCUT2D eigenvalue weighted by molar-refractivity contribution is 7.17. The van der Waals surface area contributed by atoms with Crippen molar-refractivity contribution in [3.63, 3.8) is 0 Å². The van der Waals surface area contributed by atoms with Crippen molar-refractivity contribution < 1.29 is 9.59 Å². The first-order valence-corrected chi connectivity index (χ1v) is 12.5. The van der Waals surface area contributed by atoms with Gasteiger partial charge in [0, 0.05) is 11.7 Å². The van der Waals surface area contributed by atoms with E-state index in [1.807, 2.05) is 55.0 Å². The number of hydrogen-bond donors (Lipinski definition) is 1. The van der Waals surface area contributed by atoms with E-state index < -0.39 is 5.54 Å². The maximum Gasteiger partial charge on any atom is 0.275 e. The number of rotatable bonds is 3. The van der Waals surface area contributed by atoms with Crippen molar-refractivity contribution in [1.82, 2.24) is 9.88 Å². The van der Waals surface area contributed by atoms with Gasteiger partial charge in [-0.1, -0.05) is 37.5 Å². The quantitative estimate of drug-likeness (QED) is 0.579. The number of carbonyl (C=O) groups excluding carboxylic acids is 2. The van der Waals surface area contributed by atoms with Gasteiger partial charge in [0.15, 0.2) is 0 Å². The molecule has 2 amide bonds. The van der Waals surface area contributed by atoms with E-state index in [0.717, 1.165) is 46.3 Å². The van der Waals surface area contributed by atoms with Crippen LogP contribution in [0.2, 0.25) is 0 Å². The first kappa shape index (κ1) is 21.3. The number of aryl methyl sites for hydroxylation is 2. The van der Waals surface area contributed by atoms with Gasteiger partial charge in [-0.2, -0.15) is 0 Å². The van der Waals surface area contributed by atoms with Crippen molar-refractivity contribution in [2.24, 2.45) is 5.92 Å². The predicted molar refractivity (Wildman–Crippen MR) is 131 cm³/mol. The number of nitrogens with one attached hydrogen (secondary N) is 1. The minimum atomic E-state index is -1.02. The minimum Gasteiger partial charge on any atom is -0.351 e. The van der Waals surface area contributed by atoms with Crippen LogP contribution in [0, 0.1) is 19.8 Å². The molecule has 3 heterocycles. The van der Waals surface area contributed by atoms with Crippen LogP contribution in [0.1, 0.15) is 61.1 Å². The summed E-state index contributed by atoms with van der Waals surface area (Å²) in [6.07, 6.45) is 4.51. The summed E-state index contributed by atoms with van der Waals surface area (Å²) < 4.78 is 3.12. The lowest BCUT2D eigenvalue weighted by atomic mass is 9.84. The van der Waals surface area contributed by atoms with Gasteiger partial charge in [0.1, 0.15) is 11.2 Å². The molecule has 1 aliphatic carbocycles. The van der Waals surface area contributed by atoms with Crippen molar-refractivity contribution in [2.45, 2.75) is 71.5 Å². The second-order valence-electron chi connectivity index (χ2n) is 9.83. The molecule has 5 rings (SSSR count). The molecule has 0 radical (unpaired) electrons. The van der Waals surface area contributed by atoms with Crippen LogP contribution in [0.25, 0.3) is 10.2 Å². The molecule has 1 N–H and O–H groups in total. The summed E-state index contributed by atoms with van der Waals surface area (Å²) in [6.45, 7) is 8.65. The number of thiophene rings is 1. The molecule has 2 aromatic heterocycles. The maximum absolute atomic E-state index is 13.9. The first-order valence-electron chi connectivity index (χ1n) is 11.6. The summed E-state index contributed by atoms with van der Waals surface area (Å²) in [6, 6.07) is 10.3. The number of aromatic nitrogens is 1. The van der Waals surface area contributed by atoms with Gasteiger partial charge in [-0.3, -0.25) is 14.5 Å². The van der Waals surface area contributed by atoms with E-state index in [1.54, 1.807) is 16.2 Å². The molecule has 3 atom stereocenters. The smallest absolute Gasteiger partial charge is 0.275 e. The zero-order valence-corrected chi connectivity index (χ0v) is 20.1. The van der Waals surface area contributed by atoms with E-state index in [0.29, 0.717) is 18.2 Å². The molecule has 2 aliphatic rings. The van der Waals surface area contributed by atoms with Crippen molar-refractivity contribution >= 4 is 39.1 Å². The SMILES string of the molecule is Cc1ccc(N2C(=O)c3cc4sccc4n3C[C@]2(C)C(=O)N[C@H]2CCCC[C@@H]2C)c(C)c1. The van der Waals surface area contributed by atoms with Gasteiger partial charge in [0.25, 0.3) is 5.91 Å². The Hall–Kier alpha value is -2.60. The van der Waals surface area contributed by atoms with Gasteiger partial charge < -0.3 is 9.88 Å². The van der Waals surface area contributed by atoms with Crippen molar-refractivity contribution in [3.05, 3.63) is 52.5 Å². The first-order chi connectivity index (χ1) is 15.3. The molecule has 32 heavy (non-hydrogen) atoms. The zero-order valence-electron chi connectivity index (χ0n) is 19.3. The second kappa shape index (κ2) is 7.77. The summed E-state index contributed by atoms with van der Waals surface area (Å²) in [4.78, 5) is 29.6. The van der Waals surface area contributed by atoms with Gasteiger partial charge in [-0.05, 0) is 68.7 Å². The van der Waals surface area contributed by atoms with E-state index in [-0.39, 0.29) is 17.9 Å². The largest absolute Gasteiger partial charge is 0.351 e. The van der Waals surface area contributed by atoms with Gasteiger partial charge in [0.05, 0.1) is 16.8 Å². The number of benzene rings is 1. The predicted octanol–water partition coefficient (Wildman–Crippen LogP) is 5.43. The van der Waals surface area contributed by atoms with Crippen LogP contribution < -0.4 is 10.2 Å². The van der Waals surface area contributed by atoms with Crippen LogP contribution in [0.15, 0.2) is 35.7 Å². The van der Waals surface area contributed by atoms with Crippen LogP contribution in [0.3, 0.4) is 0 Å². The number of fused-ring (bicyclic) bond motifs is 3. The average Bonchev–Trinajstić information content (AvgIpc) is 3.34. The Balaban J connectivity index is 1.61. The van der Waals surface area contributed by atoms with E-state index in [2.05, 4.69) is 18.3 Å². The Morgan fingerprint density at radius 1 is 1.16 bits per heavy atom. The molecule has 1 aromatic carbocycles. The topological polar surface area (TPSA) is 54.3 Å². The lowest BCUT2D eigenvalue weighted by Gasteiger charge is -2.45. The van der Waals surface area contributed by atoms with Gasteiger partial charge >= 0.3 is 0 Å². The molecule has 1 saturated carbocycles. The third-order valence-electron chi connectivity index (χ3n) is 7.41. The van der Waals surface area contributed by atoms with Crippen molar-refractivity contribution in [1.29, 1.82) is 0 Å². The highest BCUT2D eigenvalue weighted by Crippen LogP contribution is 2.39. The molecular weight excluding hydrogens is 418 g/mol. The Morgan fingerprint density at radius 3 is 2.69 bits per heavy atom.